The number of aryl methyl sites for hydroxylation is 2. The molecule has 0 saturated heterocycles. The number of aromatic carboxylic acids is 1. The number of fused-ring (bicyclic) bond motifs is 4. The Balaban J connectivity index is 0.000000150. The summed E-state index contributed by atoms with van der Waals surface area (Å²) in [5.41, 5.74) is 16.5. The number of imidazole rings is 2. The van der Waals surface area contributed by atoms with Gasteiger partial charge in [0.2, 0.25) is 0 Å². The summed E-state index contributed by atoms with van der Waals surface area (Å²) in [6.45, 7) is 1.26. The molecule has 12 aromatic carbocycles. The van der Waals surface area contributed by atoms with Gasteiger partial charge in [0.1, 0.15) is 40.1 Å². The zero-order chi connectivity index (χ0) is 92.6. The minimum Gasteiger partial charge on any atom is -0.478 e. The van der Waals surface area contributed by atoms with Crippen molar-refractivity contribution >= 4 is 150 Å². The average molecular weight is 1890 g/mol. The Morgan fingerprint density at radius 3 is 1.02 bits per heavy atom. The molecule has 6 heterocycles. The SMILES string of the molecule is COC(=O)c1ccc2c(-c3ccc(F)cc3)nc(-c3ccc(Cl)cc3)nc2c1.COC(=O)c1ccc2c(Cl)nc(-c3ccc(Cl)cc3)nc2c1.Cl.NCCCc1ncc[nH]1.O=C(NCCCc1ncc[nH]1)c1ccc2c(-c3ccc(F)cc3)nc(-c3ccc(Cl)cc3)nc2c1.O=C(O)c1ccc2c(-c3ccc(F)cc3)nc(-c3ccc(Cl)cc3)nc2c1.OB(O)c1ccc(F)cc1. The fraction of sp³-hybridized carbons (Fsp3) is 0.0816. The lowest BCUT2D eigenvalue weighted by Gasteiger charge is -2.11. The van der Waals surface area contributed by atoms with Crippen LogP contribution in [0.5, 0.6) is 0 Å². The van der Waals surface area contributed by atoms with Crippen molar-refractivity contribution in [3.8, 4) is 79.3 Å². The molecule has 8 N–H and O–H groups in total. The molecule has 34 heteroatoms. The summed E-state index contributed by atoms with van der Waals surface area (Å²) in [6.07, 6.45) is 10.6. The third-order valence-electron chi connectivity index (χ3n) is 19.6. The molecular weight excluding hydrogens is 1820 g/mol. The predicted molar refractivity (Wildman–Crippen MR) is 509 cm³/mol. The molecular formula is C98H75BCl6F4N14O9. The number of carboxylic acid groups (broad SMARTS) is 1. The van der Waals surface area contributed by atoms with Gasteiger partial charge < -0.3 is 45.6 Å². The fourth-order valence-electron chi connectivity index (χ4n) is 13.0. The molecule has 6 aromatic heterocycles. The number of nitrogens with one attached hydrogen (secondary N) is 3. The summed E-state index contributed by atoms with van der Waals surface area (Å²) in [5, 5.41) is 35.0. The summed E-state index contributed by atoms with van der Waals surface area (Å²) in [6, 6.07) is 71.9. The van der Waals surface area contributed by atoms with E-state index in [1.54, 1.807) is 170 Å². The van der Waals surface area contributed by atoms with Crippen molar-refractivity contribution in [3.63, 3.8) is 0 Å². The van der Waals surface area contributed by atoms with Crippen molar-refractivity contribution < 1.29 is 61.4 Å². The molecule has 0 spiro atoms. The number of benzene rings is 12. The molecule has 0 aliphatic rings. The Labute approximate surface area is 783 Å². The highest BCUT2D eigenvalue weighted by molar-refractivity contribution is 6.58. The number of esters is 2. The highest BCUT2D eigenvalue weighted by Crippen LogP contribution is 2.36. The number of amides is 1. The maximum atomic E-state index is 13.6. The Bertz CT molecular complexity index is 7030. The van der Waals surface area contributed by atoms with Crippen molar-refractivity contribution in [1.82, 2.24) is 65.1 Å². The second kappa shape index (κ2) is 46.3. The lowest BCUT2D eigenvalue weighted by atomic mass is 9.80. The number of hydrogen-bond acceptors (Lipinski definition) is 19. The van der Waals surface area contributed by atoms with E-state index in [0.29, 0.717) is 133 Å². The van der Waals surface area contributed by atoms with Crippen molar-refractivity contribution in [2.75, 3.05) is 27.3 Å². The summed E-state index contributed by atoms with van der Waals surface area (Å²) in [4.78, 5) is 98.7. The van der Waals surface area contributed by atoms with E-state index in [0.717, 1.165) is 88.0 Å². The molecule has 0 fully saturated rings. The van der Waals surface area contributed by atoms with E-state index in [2.05, 4.69) is 50.2 Å². The highest BCUT2D eigenvalue weighted by atomic mass is 35.5. The minimum absolute atomic E-state index is 0. The number of carboxylic acids is 1. The van der Waals surface area contributed by atoms with Crippen LogP contribution in [0.2, 0.25) is 25.2 Å². The van der Waals surface area contributed by atoms with E-state index in [4.69, 9.17) is 98.2 Å². The normalized spacial score (nSPS) is 10.6. The highest BCUT2D eigenvalue weighted by Gasteiger charge is 2.21. The van der Waals surface area contributed by atoms with Crippen molar-refractivity contribution in [2.45, 2.75) is 25.7 Å². The second-order valence-corrected chi connectivity index (χ2v) is 30.6. The number of halogens is 10. The van der Waals surface area contributed by atoms with E-state index < -0.39 is 25.0 Å². The van der Waals surface area contributed by atoms with E-state index >= 15 is 0 Å². The Kier molecular flexibility index (Phi) is 33.9. The number of rotatable bonds is 19. The summed E-state index contributed by atoms with van der Waals surface area (Å²) >= 11 is 30.1. The van der Waals surface area contributed by atoms with Gasteiger partial charge >= 0.3 is 25.0 Å². The summed E-state index contributed by atoms with van der Waals surface area (Å²) in [7, 11) is 1.15. The van der Waals surface area contributed by atoms with Crippen LogP contribution >= 0.6 is 70.4 Å². The molecule has 23 nitrogen and oxygen atoms in total. The standard InChI is InChI=1S/C27H21ClFN5O.C22H14ClFN2O2.C21H12ClFN2O2.C16H10Cl2N2O2.C6H6BFO2.C6H11N3.ClH/c28-20-8-3-18(4-9-20)26-33-23-16-19(27(35)32-13-1-2-24-30-14-15-31-24)7-12-22(23)25(34-26)17-5-10-21(29)11-6-17;1-28-22(27)15-6-11-18-19(12-15)25-21(14-2-7-16(23)8-3-14)26-20(18)13-4-9-17(24)10-5-13;22-15-6-1-13(2-7-15)20-24-18-11-14(21(26)27)5-10-17(18)19(25-20)12-3-8-16(23)9-4-12;1-22-16(21)10-4-7-12-13(8-10)19-15(20-14(12)18)9-2-5-11(17)6-3-9;8-6-3-1-5(2-4-6)7(9)10;7-3-1-2-6-8-4-5-9-6;/h3-12,14-16H,1-2,13H2,(H,30,31)(H,32,35);2-12H,1H3;1-11H,(H,26,27);2-8H,1H3;1-4,9-10H;4-5H,1-3,7H2,(H,8,9);1H. The van der Waals surface area contributed by atoms with Crippen LogP contribution in [0.25, 0.3) is 123 Å². The first-order valence-corrected chi connectivity index (χ1v) is 41.9. The first-order valence-electron chi connectivity index (χ1n) is 40.0. The van der Waals surface area contributed by atoms with Crippen LogP contribution in [0, 0.1) is 23.3 Å². The third kappa shape index (κ3) is 25.8. The quantitative estimate of drug-likeness (QED) is 0.0130. The number of carbonyl (C=O) groups is 4. The van der Waals surface area contributed by atoms with Crippen molar-refractivity contribution in [1.29, 1.82) is 0 Å². The third-order valence-corrected chi connectivity index (χ3v) is 20.9. The van der Waals surface area contributed by atoms with Gasteiger partial charge in [-0.2, -0.15) is 0 Å². The van der Waals surface area contributed by atoms with Gasteiger partial charge in [0.05, 0.1) is 70.1 Å². The molecule has 0 atom stereocenters. The van der Waals surface area contributed by atoms with Gasteiger partial charge in [0.25, 0.3) is 5.91 Å². The van der Waals surface area contributed by atoms with Crippen molar-refractivity contribution in [2.24, 2.45) is 5.73 Å². The largest absolute Gasteiger partial charge is 0.488 e. The van der Waals surface area contributed by atoms with Gasteiger partial charge in [-0.1, -0.05) is 70.1 Å². The molecule has 1 amide bonds. The van der Waals surface area contributed by atoms with Crippen LogP contribution in [-0.4, -0.2) is 133 Å². The van der Waals surface area contributed by atoms with Crippen LogP contribution in [0.1, 0.15) is 65.9 Å². The van der Waals surface area contributed by atoms with Gasteiger partial charge in [0.15, 0.2) is 23.3 Å². The van der Waals surface area contributed by atoms with E-state index in [1.165, 1.54) is 87.0 Å². The minimum atomic E-state index is -1.51. The summed E-state index contributed by atoms with van der Waals surface area (Å²) in [5.74, 6) is 0.323. The van der Waals surface area contributed by atoms with Crippen LogP contribution in [0.15, 0.2) is 292 Å². The molecule has 0 unspecified atom stereocenters. The van der Waals surface area contributed by atoms with Crippen LogP contribution in [-0.2, 0) is 22.3 Å². The maximum Gasteiger partial charge on any atom is 0.488 e. The number of hydrogen-bond donors (Lipinski definition) is 7. The molecule has 0 bridgehead atoms. The number of methoxy groups -OCH3 is 2. The predicted octanol–water partition coefficient (Wildman–Crippen LogP) is 21.5. The lowest BCUT2D eigenvalue weighted by Crippen LogP contribution is -2.29. The number of ether oxygens (including phenoxy) is 2. The van der Waals surface area contributed by atoms with E-state index in [9.17, 15) is 41.8 Å². The number of aromatic amines is 2. The summed E-state index contributed by atoms with van der Waals surface area (Å²) < 4.78 is 62.0. The van der Waals surface area contributed by atoms with E-state index in [1.807, 2.05) is 48.7 Å². The van der Waals surface area contributed by atoms with Gasteiger partial charge in [-0.25, -0.2) is 81.8 Å². The van der Waals surface area contributed by atoms with Gasteiger partial charge in [-0.3, -0.25) is 4.79 Å². The van der Waals surface area contributed by atoms with Crippen LogP contribution < -0.4 is 16.5 Å². The molecule has 0 aliphatic heterocycles. The Morgan fingerprint density at radius 2 is 0.689 bits per heavy atom. The first kappa shape index (κ1) is 96.8. The number of nitrogens with zero attached hydrogens (tertiary/aromatic N) is 10. The number of nitrogens with two attached hydrogens (primary N) is 1. The Hall–Kier alpha value is -14.3. The van der Waals surface area contributed by atoms with Crippen molar-refractivity contribution in [3.05, 3.63) is 374 Å². The van der Waals surface area contributed by atoms with Gasteiger partial charge in [-0.05, 0) is 280 Å². The number of aromatic nitrogens is 12. The number of carbonyl (C=O) groups excluding carboxylic acids is 3. The topological polar surface area (TPSA) is 346 Å². The zero-order valence-electron chi connectivity index (χ0n) is 69.7. The lowest BCUT2D eigenvalue weighted by molar-refractivity contribution is 0.0592. The zero-order valence-corrected chi connectivity index (χ0v) is 74.3. The van der Waals surface area contributed by atoms with E-state index in [-0.39, 0.29) is 47.1 Å². The number of H-pyrrole nitrogens is 2. The van der Waals surface area contributed by atoms with Crippen LogP contribution in [0.3, 0.4) is 0 Å². The molecule has 18 aromatic rings. The maximum absolute atomic E-state index is 13.6. The monoisotopic (exact) mass is 1890 g/mol. The van der Waals surface area contributed by atoms with Gasteiger partial charge in [0, 0.05) is 130 Å². The molecule has 0 aliphatic carbocycles. The molecule has 18 rings (SSSR count). The average Bonchev–Trinajstić information content (AvgIpc) is 0.814. The van der Waals surface area contributed by atoms with Gasteiger partial charge in [-0.15, -0.1) is 12.4 Å². The first-order chi connectivity index (χ1) is 63.3. The molecule has 0 saturated carbocycles. The molecule has 664 valence electrons. The Morgan fingerprint density at radius 1 is 0.386 bits per heavy atom. The molecule has 0 radical (unpaired) electrons. The van der Waals surface area contributed by atoms with Crippen LogP contribution in [0.4, 0.5) is 17.6 Å². The second-order valence-electron chi connectivity index (χ2n) is 28.5. The smallest absolute Gasteiger partial charge is 0.478 e. The fourth-order valence-corrected chi connectivity index (χ4v) is 13.7. The molecule has 132 heavy (non-hydrogen) atoms.